The molecule has 2 atom stereocenters. The molecule has 11 heavy (non-hydrogen) atoms. The summed E-state index contributed by atoms with van der Waals surface area (Å²) in [7, 11) is 0. The molecule has 0 aromatic rings. The first-order chi connectivity index (χ1) is 5.23. The SMILES string of the molecule is CC12CCCOC1CNC2=O. The van der Waals surface area contributed by atoms with Crippen molar-refractivity contribution in [3.63, 3.8) is 0 Å². The van der Waals surface area contributed by atoms with Crippen LogP contribution >= 0.6 is 0 Å². The lowest BCUT2D eigenvalue weighted by molar-refractivity contribution is -0.135. The van der Waals surface area contributed by atoms with Crippen LogP contribution in [0.3, 0.4) is 0 Å². The van der Waals surface area contributed by atoms with Gasteiger partial charge in [0.05, 0.1) is 11.5 Å². The fourth-order valence-electron chi connectivity index (χ4n) is 1.94. The van der Waals surface area contributed by atoms with Crippen LogP contribution < -0.4 is 5.32 Å². The Morgan fingerprint density at radius 2 is 2.55 bits per heavy atom. The molecule has 3 heteroatoms. The number of hydrogen-bond donors (Lipinski definition) is 1. The van der Waals surface area contributed by atoms with Crippen LogP contribution in [0.1, 0.15) is 19.8 Å². The molecule has 62 valence electrons. The van der Waals surface area contributed by atoms with Crippen molar-refractivity contribution in [3.05, 3.63) is 0 Å². The summed E-state index contributed by atoms with van der Waals surface area (Å²) in [6, 6.07) is 0. The van der Waals surface area contributed by atoms with Gasteiger partial charge in [-0.25, -0.2) is 0 Å². The largest absolute Gasteiger partial charge is 0.375 e. The van der Waals surface area contributed by atoms with Crippen LogP contribution in [0.25, 0.3) is 0 Å². The van der Waals surface area contributed by atoms with Gasteiger partial charge in [0, 0.05) is 13.2 Å². The summed E-state index contributed by atoms with van der Waals surface area (Å²) in [5.41, 5.74) is -0.224. The predicted molar refractivity (Wildman–Crippen MR) is 40.1 cm³/mol. The van der Waals surface area contributed by atoms with Gasteiger partial charge in [-0.05, 0) is 19.8 Å². The Hall–Kier alpha value is -0.570. The van der Waals surface area contributed by atoms with E-state index in [1.807, 2.05) is 6.92 Å². The first kappa shape index (κ1) is 7.10. The topological polar surface area (TPSA) is 38.3 Å². The molecule has 0 aromatic carbocycles. The molecule has 0 radical (unpaired) electrons. The molecule has 0 aliphatic carbocycles. The lowest BCUT2D eigenvalue weighted by Crippen LogP contribution is -2.40. The summed E-state index contributed by atoms with van der Waals surface area (Å²) in [6.45, 7) is 3.52. The maximum atomic E-state index is 11.3. The highest BCUT2D eigenvalue weighted by Gasteiger charge is 2.48. The number of ether oxygens (including phenoxy) is 1. The van der Waals surface area contributed by atoms with Crippen LogP contribution in [-0.4, -0.2) is 25.2 Å². The van der Waals surface area contributed by atoms with E-state index in [-0.39, 0.29) is 17.4 Å². The zero-order valence-corrected chi connectivity index (χ0v) is 6.72. The Balaban J connectivity index is 2.23. The van der Waals surface area contributed by atoms with Gasteiger partial charge in [-0.3, -0.25) is 4.79 Å². The molecule has 2 aliphatic heterocycles. The smallest absolute Gasteiger partial charge is 0.228 e. The molecule has 2 saturated heterocycles. The summed E-state index contributed by atoms with van der Waals surface area (Å²) >= 11 is 0. The summed E-state index contributed by atoms with van der Waals surface area (Å²) in [6.07, 6.45) is 2.12. The molecule has 0 bridgehead atoms. The third-order valence-corrected chi connectivity index (χ3v) is 2.84. The van der Waals surface area contributed by atoms with Gasteiger partial charge in [0.25, 0.3) is 0 Å². The van der Waals surface area contributed by atoms with E-state index in [0.717, 1.165) is 19.4 Å². The van der Waals surface area contributed by atoms with Crippen molar-refractivity contribution < 1.29 is 9.53 Å². The average molecular weight is 155 g/mol. The second-order valence-electron chi connectivity index (χ2n) is 3.59. The Bertz CT molecular complexity index is 193. The van der Waals surface area contributed by atoms with Gasteiger partial charge in [0.15, 0.2) is 0 Å². The molecule has 0 saturated carbocycles. The Morgan fingerprint density at radius 3 is 3.27 bits per heavy atom. The number of fused-ring (bicyclic) bond motifs is 1. The predicted octanol–water partition coefficient (Wildman–Crippen LogP) is 0.301. The monoisotopic (exact) mass is 155 g/mol. The Labute approximate surface area is 66.1 Å². The van der Waals surface area contributed by atoms with Crippen LogP contribution in [0.4, 0.5) is 0 Å². The quantitative estimate of drug-likeness (QED) is 0.546. The number of amides is 1. The van der Waals surface area contributed by atoms with Crippen LogP contribution in [-0.2, 0) is 9.53 Å². The minimum absolute atomic E-state index is 0.128. The molecule has 2 aliphatic rings. The van der Waals surface area contributed by atoms with Gasteiger partial charge in [-0.15, -0.1) is 0 Å². The number of carbonyl (C=O) groups is 1. The molecule has 2 fully saturated rings. The average Bonchev–Trinajstić information content (AvgIpc) is 2.29. The third-order valence-electron chi connectivity index (χ3n) is 2.84. The third kappa shape index (κ3) is 0.872. The highest BCUT2D eigenvalue weighted by Crippen LogP contribution is 2.36. The van der Waals surface area contributed by atoms with Gasteiger partial charge in [0.2, 0.25) is 5.91 Å². The minimum atomic E-state index is -0.224. The molecule has 0 spiro atoms. The highest BCUT2D eigenvalue weighted by molar-refractivity contribution is 5.85. The van der Waals surface area contributed by atoms with Gasteiger partial charge in [-0.1, -0.05) is 0 Å². The van der Waals surface area contributed by atoms with Crippen LogP contribution in [0, 0.1) is 5.41 Å². The zero-order valence-electron chi connectivity index (χ0n) is 6.72. The number of rotatable bonds is 0. The van der Waals surface area contributed by atoms with Crippen molar-refractivity contribution in [2.75, 3.05) is 13.2 Å². The van der Waals surface area contributed by atoms with Gasteiger partial charge >= 0.3 is 0 Å². The number of hydrogen-bond acceptors (Lipinski definition) is 2. The van der Waals surface area contributed by atoms with Crippen LogP contribution in [0.15, 0.2) is 0 Å². The van der Waals surface area contributed by atoms with E-state index in [2.05, 4.69) is 5.32 Å². The van der Waals surface area contributed by atoms with E-state index in [0.29, 0.717) is 6.54 Å². The molecule has 2 unspecified atom stereocenters. The van der Waals surface area contributed by atoms with E-state index >= 15 is 0 Å². The highest BCUT2D eigenvalue weighted by atomic mass is 16.5. The van der Waals surface area contributed by atoms with Gasteiger partial charge in [-0.2, -0.15) is 0 Å². The number of nitrogens with one attached hydrogen (secondary N) is 1. The van der Waals surface area contributed by atoms with Crippen molar-refractivity contribution in [3.8, 4) is 0 Å². The maximum Gasteiger partial charge on any atom is 0.228 e. The first-order valence-corrected chi connectivity index (χ1v) is 4.13. The summed E-state index contributed by atoms with van der Waals surface area (Å²) in [5, 5.41) is 2.84. The van der Waals surface area contributed by atoms with E-state index in [1.54, 1.807) is 0 Å². The molecular weight excluding hydrogens is 142 g/mol. The van der Waals surface area contributed by atoms with E-state index < -0.39 is 0 Å². The Morgan fingerprint density at radius 1 is 1.73 bits per heavy atom. The van der Waals surface area contributed by atoms with E-state index in [1.165, 1.54) is 0 Å². The second-order valence-corrected chi connectivity index (χ2v) is 3.59. The zero-order chi connectivity index (χ0) is 7.90. The Kier molecular flexibility index (Phi) is 1.42. The van der Waals surface area contributed by atoms with Crippen molar-refractivity contribution in [1.29, 1.82) is 0 Å². The molecule has 3 nitrogen and oxygen atoms in total. The molecule has 1 amide bonds. The lowest BCUT2D eigenvalue weighted by atomic mass is 9.80. The molecular formula is C8H13NO2. The molecule has 2 rings (SSSR count). The fraction of sp³-hybridized carbons (Fsp3) is 0.875. The fourth-order valence-corrected chi connectivity index (χ4v) is 1.94. The molecule has 0 aromatic heterocycles. The maximum absolute atomic E-state index is 11.3. The number of carbonyl (C=O) groups excluding carboxylic acids is 1. The molecule has 2 heterocycles. The minimum Gasteiger partial charge on any atom is -0.375 e. The lowest BCUT2D eigenvalue weighted by Gasteiger charge is -2.32. The summed E-state index contributed by atoms with van der Waals surface area (Å²) < 4.78 is 5.49. The van der Waals surface area contributed by atoms with Crippen molar-refractivity contribution in [1.82, 2.24) is 5.32 Å². The summed E-state index contributed by atoms with van der Waals surface area (Å²) in [5.74, 6) is 0.169. The van der Waals surface area contributed by atoms with Gasteiger partial charge < -0.3 is 10.1 Å². The van der Waals surface area contributed by atoms with Crippen molar-refractivity contribution >= 4 is 5.91 Å². The van der Waals surface area contributed by atoms with E-state index in [9.17, 15) is 4.79 Å². The molecule has 1 N–H and O–H groups in total. The van der Waals surface area contributed by atoms with Crippen molar-refractivity contribution in [2.24, 2.45) is 5.41 Å². The summed E-state index contributed by atoms with van der Waals surface area (Å²) in [4.78, 5) is 11.3. The van der Waals surface area contributed by atoms with Crippen LogP contribution in [0.5, 0.6) is 0 Å². The van der Waals surface area contributed by atoms with E-state index in [4.69, 9.17) is 4.74 Å². The first-order valence-electron chi connectivity index (χ1n) is 4.13. The van der Waals surface area contributed by atoms with Crippen LogP contribution in [0.2, 0.25) is 0 Å². The second kappa shape index (κ2) is 2.21. The van der Waals surface area contributed by atoms with Crippen molar-refractivity contribution in [2.45, 2.75) is 25.9 Å². The standard InChI is InChI=1S/C8H13NO2/c1-8-3-2-4-11-6(8)5-9-7(8)10/h6H,2-5H2,1H3,(H,9,10). The van der Waals surface area contributed by atoms with Gasteiger partial charge in [0.1, 0.15) is 0 Å². The normalized spacial score (nSPS) is 43.4.